The highest BCUT2D eigenvalue weighted by Crippen LogP contribution is 2.04. The van der Waals surface area contributed by atoms with Gasteiger partial charge in [0.05, 0.1) is 0 Å². The molecule has 1 heterocycles. The predicted octanol–water partition coefficient (Wildman–Crippen LogP) is 0.402. The summed E-state index contributed by atoms with van der Waals surface area (Å²) in [5, 5.41) is 9.68. The molecule has 1 amide bonds. The molecule has 1 rings (SSSR count). The molecular weight excluding hydrogens is 182 g/mol. The summed E-state index contributed by atoms with van der Waals surface area (Å²) in [6.45, 7) is 1.93. The molecule has 66 valence electrons. The van der Waals surface area contributed by atoms with Gasteiger partial charge >= 0.3 is 5.35 Å². The lowest BCUT2D eigenvalue weighted by Gasteiger charge is -1.96. The van der Waals surface area contributed by atoms with Crippen molar-refractivity contribution in [2.75, 3.05) is 6.54 Å². The van der Waals surface area contributed by atoms with E-state index >= 15 is 0 Å². The second kappa shape index (κ2) is 4.06. The number of hydrogen-bond donors (Lipinski definition) is 1. The Morgan fingerprint density at radius 3 is 2.92 bits per heavy atom. The minimum Gasteiger partial charge on any atom is -0.412 e. The first-order chi connectivity index (χ1) is 5.68. The number of nitrogens with zero attached hydrogens (tertiary/aromatic N) is 2. The first-order valence-electron chi connectivity index (χ1n) is 3.41. The Morgan fingerprint density at radius 2 is 2.42 bits per heavy atom. The van der Waals surface area contributed by atoms with E-state index in [0.717, 1.165) is 0 Å². The van der Waals surface area contributed by atoms with Gasteiger partial charge in [0.2, 0.25) is 11.8 Å². The molecule has 0 radical (unpaired) electrons. The summed E-state index contributed by atoms with van der Waals surface area (Å²) in [5.74, 6) is 0.342. The number of amides is 1. The summed E-state index contributed by atoms with van der Waals surface area (Å²) in [4.78, 5) is 10.4. The van der Waals surface area contributed by atoms with Crippen molar-refractivity contribution in [3.63, 3.8) is 0 Å². The Bertz CT molecular complexity index is 274. The maximum absolute atomic E-state index is 10.4. The summed E-state index contributed by atoms with van der Waals surface area (Å²) >= 11 is 5.37. The molecule has 6 heteroatoms. The molecule has 0 fully saturated rings. The average molecular weight is 190 g/mol. The first kappa shape index (κ1) is 8.99. The molecule has 0 atom stereocenters. The molecule has 0 saturated carbocycles. The third-order valence-corrected chi connectivity index (χ3v) is 1.31. The zero-order chi connectivity index (χ0) is 8.97. The van der Waals surface area contributed by atoms with Crippen LogP contribution < -0.4 is 5.32 Å². The van der Waals surface area contributed by atoms with Crippen LogP contribution in [0.4, 0.5) is 0 Å². The number of hydrogen-bond acceptors (Lipinski definition) is 4. The second-order valence-corrected chi connectivity index (χ2v) is 2.51. The van der Waals surface area contributed by atoms with E-state index in [1.807, 2.05) is 0 Å². The number of rotatable bonds is 3. The molecule has 0 aromatic carbocycles. The lowest BCUT2D eigenvalue weighted by molar-refractivity contribution is -0.118. The highest BCUT2D eigenvalue weighted by atomic mass is 35.5. The maximum atomic E-state index is 10.4. The summed E-state index contributed by atoms with van der Waals surface area (Å²) in [6, 6.07) is 0. The highest BCUT2D eigenvalue weighted by Gasteiger charge is 2.02. The minimum absolute atomic E-state index is 0.0211. The smallest absolute Gasteiger partial charge is 0.312 e. The molecule has 0 aliphatic rings. The van der Waals surface area contributed by atoms with Gasteiger partial charge in [-0.15, -0.1) is 5.10 Å². The molecule has 5 nitrogen and oxygen atoms in total. The Hall–Kier alpha value is -1.10. The van der Waals surface area contributed by atoms with Crippen LogP contribution in [0.25, 0.3) is 0 Å². The molecule has 0 bridgehead atoms. The number of aromatic nitrogens is 2. The van der Waals surface area contributed by atoms with Crippen LogP contribution in [0.15, 0.2) is 4.42 Å². The Balaban J connectivity index is 2.29. The van der Waals surface area contributed by atoms with E-state index in [9.17, 15) is 4.79 Å². The predicted molar refractivity (Wildman–Crippen MR) is 41.7 cm³/mol. The fourth-order valence-electron chi connectivity index (χ4n) is 0.680. The molecule has 0 unspecified atom stereocenters. The lowest BCUT2D eigenvalue weighted by Crippen LogP contribution is -2.22. The summed E-state index contributed by atoms with van der Waals surface area (Å²) in [6.07, 6.45) is 0.499. The fourth-order valence-corrected chi connectivity index (χ4v) is 0.806. The van der Waals surface area contributed by atoms with Crippen LogP contribution in [-0.4, -0.2) is 22.6 Å². The van der Waals surface area contributed by atoms with Gasteiger partial charge in [0, 0.05) is 19.9 Å². The zero-order valence-electron chi connectivity index (χ0n) is 6.50. The summed E-state index contributed by atoms with van der Waals surface area (Å²) in [5.41, 5.74) is 0. The normalized spacial score (nSPS) is 9.83. The van der Waals surface area contributed by atoms with Gasteiger partial charge in [-0.1, -0.05) is 5.10 Å². The van der Waals surface area contributed by atoms with Gasteiger partial charge in [0.15, 0.2) is 0 Å². The summed E-state index contributed by atoms with van der Waals surface area (Å²) in [7, 11) is 0. The number of carbonyl (C=O) groups excluding carboxylic acids is 1. The van der Waals surface area contributed by atoms with Crippen molar-refractivity contribution in [2.24, 2.45) is 0 Å². The maximum Gasteiger partial charge on any atom is 0.312 e. The van der Waals surface area contributed by atoms with Gasteiger partial charge < -0.3 is 9.73 Å². The Kier molecular flexibility index (Phi) is 3.04. The third-order valence-electron chi connectivity index (χ3n) is 1.15. The standard InChI is InChI=1S/C6H8ClN3O2/c1-4(11)8-3-2-5-9-10-6(7)12-5/h2-3H2,1H3,(H,8,11). The van der Waals surface area contributed by atoms with E-state index in [0.29, 0.717) is 18.9 Å². The molecule has 1 aromatic heterocycles. The van der Waals surface area contributed by atoms with Gasteiger partial charge in [-0.25, -0.2) is 0 Å². The van der Waals surface area contributed by atoms with Crippen LogP contribution >= 0.6 is 11.6 Å². The van der Waals surface area contributed by atoms with Crippen molar-refractivity contribution in [1.82, 2.24) is 15.5 Å². The van der Waals surface area contributed by atoms with E-state index in [1.54, 1.807) is 0 Å². The topological polar surface area (TPSA) is 68.0 Å². The first-order valence-corrected chi connectivity index (χ1v) is 3.78. The monoisotopic (exact) mass is 189 g/mol. The van der Waals surface area contributed by atoms with Gasteiger partial charge in [0.25, 0.3) is 0 Å². The van der Waals surface area contributed by atoms with Crippen LogP contribution in [-0.2, 0) is 11.2 Å². The highest BCUT2D eigenvalue weighted by molar-refractivity contribution is 6.27. The number of nitrogens with one attached hydrogen (secondary N) is 1. The van der Waals surface area contributed by atoms with Crippen molar-refractivity contribution in [3.8, 4) is 0 Å². The Morgan fingerprint density at radius 1 is 1.67 bits per heavy atom. The van der Waals surface area contributed by atoms with E-state index in [1.165, 1.54) is 6.92 Å². The van der Waals surface area contributed by atoms with Crippen molar-refractivity contribution in [2.45, 2.75) is 13.3 Å². The van der Waals surface area contributed by atoms with E-state index in [-0.39, 0.29) is 11.3 Å². The molecule has 12 heavy (non-hydrogen) atoms. The second-order valence-electron chi connectivity index (χ2n) is 2.18. The Labute approximate surface area is 74.1 Å². The molecule has 0 saturated heterocycles. The lowest BCUT2D eigenvalue weighted by atomic mass is 10.4. The molecule has 0 spiro atoms. The SMILES string of the molecule is CC(=O)NCCc1nnc(Cl)o1. The van der Waals surface area contributed by atoms with Crippen LogP contribution in [0.2, 0.25) is 5.35 Å². The summed E-state index contributed by atoms with van der Waals surface area (Å²) < 4.78 is 4.86. The van der Waals surface area contributed by atoms with Crippen molar-refractivity contribution >= 4 is 17.5 Å². The number of carbonyl (C=O) groups is 1. The van der Waals surface area contributed by atoms with Crippen molar-refractivity contribution < 1.29 is 9.21 Å². The fraction of sp³-hybridized carbons (Fsp3) is 0.500. The van der Waals surface area contributed by atoms with Gasteiger partial charge in [0.1, 0.15) is 0 Å². The molecule has 0 aliphatic heterocycles. The average Bonchev–Trinajstić information content (AvgIpc) is 2.35. The van der Waals surface area contributed by atoms with Crippen LogP contribution in [0, 0.1) is 0 Å². The van der Waals surface area contributed by atoms with Gasteiger partial charge in [-0.05, 0) is 11.6 Å². The number of halogens is 1. The third kappa shape index (κ3) is 2.87. The van der Waals surface area contributed by atoms with Gasteiger partial charge in [-0.2, -0.15) is 0 Å². The van der Waals surface area contributed by atoms with Crippen molar-refractivity contribution in [1.29, 1.82) is 0 Å². The molecule has 1 aromatic rings. The van der Waals surface area contributed by atoms with Crippen LogP contribution in [0.3, 0.4) is 0 Å². The molecule has 1 N–H and O–H groups in total. The van der Waals surface area contributed by atoms with Crippen molar-refractivity contribution in [3.05, 3.63) is 11.2 Å². The largest absolute Gasteiger partial charge is 0.412 e. The zero-order valence-corrected chi connectivity index (χ0v) is 7.26. The van der Waals surface area contributed by atoms with E-state index < -0.39 is 0 Å². The minimum atomic E-state index is -0.0828. The quantitative estimate of drug-likeness (QED) is 0.748. The van der Waals surface area contributed by atoms with Crippen LogP contribution in [0.5, 0.6) is 0 Å². The molecule has 0 aliphatic carbocycles. The van der Waals surface area contributed by atoms with E-state index in [4.69, 9.17) is 16.0 Å². The van der Waals surface area contributed by atoms with E-state index in [2.05, 4.69) is 15.5 Å². The van der Waals surface area contributed by atoms with Gasteiger partial charge in [-0.3, -0.25) is 4.79 Å². The molecular formula is C6H8ClN3O2. The van der Waals surface area contributed by atoms with Crippen LogP contribution in [0.1, 0.15) is 12.8 Å².